The maximum atomic E-state index is 13.8. The van der Waals surface area contributed by atoms with Crippen molar-refractivity contribution >= 4 is 29.2 Å². The fourth-order valence-electron chi connectivity index (χ4n) is 4.88. The van der Waals surface area contributed by atoms with Crippen molar-refractivity contribution in [2.75, 3.05) is 18.5 Å². The minimum Gasteiger partial charge on any atom is -0.861 e. The van der Waals surface area contributed by atoms with Crippen molar-refractivity contribution in [3.63, 3.8) is 0 Å². The molecule has 1 N–H and O–H groups in total. The number of rotatable bonds is 1. The van der Waals surface area contributed by atoms with Crippen LogP contribution in [0.5, 0.6) is 0 Å². The normalized spacial score (nSPS) is 24.0. The smallest absolute Gasteiger partial charge is 0.354 e. The van der Waals surface area contributed by atoms with Crippen LogP contribution < -0.4 is 14.9 Å². The number of imide groups is 1. The number of aliphatic imine (C=N–C) groups is 1. The number of carbonyl (C=O) groups is 2. The zero-order valence-corrected chi connectivity index (χ0v) is 17.4. The molecule has 0 radical (unpaired) electrons. The number of anilines is 1. The van der Waals surface area contributed by atoms with Crippen LogP contribution in [0.25, 0.3) is 0 Å². The Balaban J connectivity index is 1.88. The lowest BCUT2D eigenvalue weighted by atomic mass is 9.75. The summed E-state index contributed by atoms with van der Waals surface area (Å²) in [5.74, 6) is -1.10. The molecule has 2 unspecified atom stereocenters. The molecule has 0 fully saturated rings. The molecule has 150 valence electrons. The Hall–Kier alpha value is -2.99. The highest BCUT2D eigenvalue weighted by Crippen LogP contribution is 2.38. The van der Waals surface area contributed by atoms with E-state index in [1.165, 1.54) is 0 Å². The second-order valence-electron chi connectivity index (χ2n) is 8.46. The van der Waals surface area contributed by atoms with E-state index in [1.54, 1.807) is 0 Å². The number of quaternary nitrogens is 1. The van der Waals surface area contributed by atoms with Crippen LogP contribution in [0.15, 0.2) is 35.3 Å². The number of hydrogen-bond acceptors (Lipinski definition) is 3. The van der Waals surface area contributed by atoms with E-state index in [0.29, 0.717) is 5.69 Å². The average molecular weight is 391 g/mol. The Kier molecular flexibility index (Phi) is 4.35. The van der Waals surface area contributed by atoms with Crippen LogP contribution in [0, 0.1) is 33.1 Å². The maximum absolute atomic E-state index is 13.8. The number of nitrogens with zero attached hydrogens (tertiary/aromatic N) is 2. The lowest BCUT2D eigenvalue weighted by Gasteiger charge is -2.45. The maximum Gasteiger partial charge on any atom is 0.354 e. The van der Waals surface area contributed by atoms with Crippen molar-refractivity contribution in [1.29, 1.82) is 0 Å². The van der Waals surface area contributed by atoms with Crippen LogP contribution >= 0.6 is 0 Å². The van der Waals surface area contributed by atoms with Crippen LogP contribution in [0.3, 0.4) is 0 Å². The number of nitrogens with one attached hydrogen (secondary N) is 1. The van der Waals surface area contributed by atoms with Crippen LogP contribution in [-0.2, 0) is 11.2 Å². The van der Waals surface area contributed by atoms with Crippen molar-refractivity contribution in [3.8, 4) is 0 Å². The number of amides is 3. The molecule has 2 aromatic rings. The second kappa shape index (κ2) is 6.52. The number of urea groups is 1. The lowest BCUT2D eigenvalue weighted by molar-refractivity contribution is -0.818. The molecule has 0 aromatic heterocycles. The molecule has 2 aromatic carbocycles. The van der Waals surface area contributed by atoms with E-state index in [1.807, 2.05) is 65.1 Å². The third kappa shape index (κ3) is 2.86. The molecule has 6 heteroatoms. The van der Waals surface area contributed by atoms with Crippen molar-refractivity contribution in [2.45, 2.75) is 34.1 Å². The van der Waals surface area contributed by atoms with E-state index in [2.05, 4.69) is 4.99 Å². The summed E-state index contributed by atoms with van der Waals surface area (Å²) >= 11 is 0. The SMILES string of the molecule is Cc1cc(C)c(N2C(=O)N=C([O-])C3(Cc4cc(C)ccc4[NH+](C)C3)C2=O)c(C)c1. The molecule has 2 atom stereocenters. The summed E-state index contributed by atoms with van der Waals surface area (Å²) in [4.78, 5) is 32.4. The summed E-state index contributed by atoms with van der Waals surface area (Å²) in [6, 6.07) is 9.16. The summed E-state index contributed by atoms with van der Waals surface area (Å²) in [7, 11) is 1.94. The fourth-order valence-corrected chi connectivity index (χ4v) is 4.88. The minimum atomic E-state index is -1.36. The molecule has 1 spiro atoms. The third-order valence-electron chi connectivity index (χ3n) is 6.05. The summed E-state index contributed by atoms with van der Waals surface area (Å²) in [5.41, 5.74) is 4.96. The molecular formula is C23H25N3O3. The highest BCUT2D eigenvalue weighted by Gasteiger charge is 2.53. The monoisotopic (exact) mass is 391 g/mol. The molecule has 3 amide bonds. The summed E-state index contributed by atoms with van der Waals surface area (Å²) < 4.78 is 0. The quantitative estimate of drug-likeness (QED) is 0.801. The van der Waals surface area contributed by atoms with E-state index >= 15 is 0 Å². The number of hydrogen-bond donors (Lipinski definition) is 1. The van der Waals surface area contributed by atoms with E-state index < -0.39 is 23.3 Å². The standard InChI is InChI=1S/C23H25N3O3/c1-13-6-7-18-17(10-13)11-23(12-25(18)5)20(27)24-22(29)26(21(23)28)19-15(3)8-14(2)9-16(19)4/h6-10H,11-12H2,1-5H3,(H,24,27,29). The van der Waals surface area contributed by atoms with Crippen LogP contribution in [0.4, 0.5) is 16.2 Å². The third-order valence-corrected chi connectivity index (χ3v) is 6.05. The van der Waals surface area contributed by atoms with Gasteiger partial charge in [0.15, 0.2) is 0 Å². The van der Waals surface area contributed by atoms with Gasteiger partial charge in [-0.15, -0.1) is 0 Å². The van der Waals surface area contributed by atoms with Crippen molar-refractivity contribution in [2.24, 2.45) is 10.4 Å². The molecule has 6 nitrogen and oxygen atoms in total. The number of aryl methyl sites for hydroxylation is 4. The fraction of sp³-hybridized carbons (Fsp3) is 0.348. The molecule has 2 aliphatic rings. The van der Waals surface area contributed by atoms with E-state index in [4.69, 9.17) is 0 Å². The van der Waals surface area contributed by atoms with Gasteiger partial charge in [-0.05, 0) is 50.8 Å². The van der Waals surface area contributed by atoms with Gasteiger partial charge in [-0.1, -0.05) is 35.4 Å². The summed E-state index contributed by atoms with van der Waals surface area (Å²) in [6.45, 7) is 7.97. The number of benzene rings is 2. The molecular weight excluding hydrogens is 366 g/mol. The zero-order valence-electron chi connectivity index (χ0n) is 17.4. The van der Waals surface area contributed by atoms with Gasteiger partial charge in [0.05, 0.1) is 12.7 Å². The van der Waals surface area contributed by atoms with Gasteiger partial charge >= 0.3 is 6.03 Å². The van der Waals surface area contributed by atoms with Gasteiger partial charge in [0.25, 0.3) is 5.91 Å². The zero-order chi connectivity index (χ0) is 21.1. The Bertz CT molecular complexity index is 1070. The minimum absolute atomic E-state index is 0.260. The first-order chi connectivity index (χ1) is 13.6. The molecule has 2 heterocycles. The second-order valence-corrected chi connectivity index (χ2v) is 8.46. The van der Waals surface area contributed by atoms with Gasteiger partial charge in [0.2, 0.25) is 0 Å². The van der Waals surface area contributed by atoms with Crippen LogP contribution in [0.1, 0.15) is 27.8 Å². The summed E-state index contributed by atoms with van der Waals surface area (Å²) in [5, 5.41) is 13.0. The van der Waals surface area contributed by atoms with E-state index in [-0.39, 0.29) is 13.0 Å². The molecule has 0 aliphatic carbocycles. The average Bonchev–Trinajstić information content (AvgIpc) is 2.62. The van der Waals surface area contributed by atoms with Crippen LogP contribution in [-0.4, -0.2) is 31.4 Å². The van der Waals surface area contributed by atoms with Gasteiger partial charge in [0, 0.05) is 12.0 Å². The topological polar surface area (TPSA) is 77.2 Å². The predicted octanol–water partition coefficient (Wildman–Crippen LogP) is 1.53. The van der Waals surface area contributed by atoms with E-state index in [9.17, 15) is 14.7 Å². The molecule has 0 bridgehead atoms. The Morgan fingerprint density at radius 3 is 2.34 bits per heavy atom. The van der Waals surface area contributed by atoms with Crippen molar-refractivity contribution in [3.05, 3.63) is 58.1 Å². The number of carbonyl (C=O) groups excluding carboxylic acids is 2. The first-order valence-electron chi connectivity index (χ1n) is 9.79. The van der Waals surface area contributed by atoms with Crippen molar-refractivity contribution < 1.29 is 19.6 Å². The first kappa shape index (κ1) is 19.3. The van der Waals surface area contributed by atoms with Gasteiger partial charge in [-0.25, -0.2) is 14.7 Å². The molecule has 29 heavy (non-hydrogen) atoms. The Morgan fingerprint density at radius 2 is 1.69 bits per heavy atom. The van der Waals surface area contributed by atoms with Gasteiger partial charge in [0.1, 0.15) is 17.6 Å². The van der Waals surface area contributed by atoms with E-state index in [0.717, 1.165) is 43.3 Å². The van der Waals surface area contributed by atoms with Gasteiger partial charge in [-0.3, -0.25) is 4.79 Å². The summed E-state index contributed by atoms with van der Waals surface area (Å²) in [6.07, 6.45) is 0.260. The molecule has 2 aliphatic heterocycles. The first-order valence-corrected chi connectivity index (χ1v) is 9.79. The largest absolute Gasteiger partial charge is 0.861 e. The number of fused-ring (bicyclic) bond motifs is 1. The van der Waals surface area contributed by atoms with Crippen LogP contribution in [0.2, 0.25) is 0 Å². The molecule has 0 saturated heterocycles. The highest BCUT2D eigenvalue weighted by atomic mass is 16.3. The van der Waals surface area contributed by atoms with Crippen molar-refractivity contribution in [1.82, 2.24) is 0 Å². The predicted molar refractivity (Wildman–Crippen MR) is 110 cm³/mol. The highest BCUT2D eigenvalue weighted by molar-refractivity contribution is 6.28. The Morgan fingerprint density at radius 1 is 1.03 bits per heavy atom. The van der Waals surface area contributed by atoms with Gasteiger partial charge in [-0.2, -0.15) is 0 Å². The molecule has 0 saturated carbocycles. The molecule has 4 rings (SSSR count). The lowest BCUT2D eigenvalue weighted by Crippen LogP contribution is -3.08. The Labute approximate surface area is 170 Å². The van der Waals surface area contributed by atoms with Gasteiger partial charge < -0.3 is 10.0 Å².